The summed E-state index contributed by atoms with van der Waals surface area (Å²) in [5.41, 5.74) is 0.996. The van der Waals surface area contributed by atoms with E-state index in [1.165, 1.54) is 11.0 Å². The van der Waals surface area contributed by atoms with Gasteiger partial charge in [-0.05, 0) is 30.7 Å². The maximum atomic E-state index is 11.9. The first-order chi connectivity index (χ1) is 10.9. The van der Waals surface area contributed by atoms with E-state index < -0.39 is 5.97 Å². The predicted octanol–water partition coefficient (Wildman–Crippen LogP) is 2.33. The summed E-state index contributed by atoms with van der Waals surface area (Å²) in [6.45, 7) is 0. The number of benzene rings is 1. The number of nitrogens with one attached hydrogen (secondary N) is 1. The maximum absolute atomic E-state index is 11.9. The van der Waals surface area contributed by atoms with Crippen LogP contribution in [0.15, 0.2) is 28.7 Å². The third kappa shape index (κ3) is 4.32. The summed E-state index contributed by atoms with van der Waals surface area (Å²) in [5, 5.41) is 12.2. The summed E-state index contributed by atoms with van der Waals surface area (Å²) in [5.74, 6) is -1.50. The van der Waals surface area contributed by atoms with Crippen LogP contribution >= 0.6 is 0 Å². The summed E-state index contributed by atoms with van der Waals surface area (Å²) in [7, 11) is 3.35. The summed E-state index contributed by atoms with van der Waals surface area (Å²) in [6.07, 6.45) is 1.03. The number of carboxylic acids is 1. The normalized spacial score (nSPS) is 10.5. The Bertz CT molecular complexity index is 748. The molecule has 0 fully saturated rings. The molecule has 0 unspecified atom stereocenters. The second-order valence-electron chi connectivity index (χ2n) is 5.36. The fourth-order valence-corrected chi connectivity index (χ4v) is 2.07. The summed E-state index contributed by atoms with van der Waals surface area (Å²) in [4.78, 5) is 35.6. The van der Waals surface area contributed by atoms with Crippen LogP contribution in [0.3, 0.4) is 0 Å². The van der Waals surface area contributed by atoms with Crippen molar-refractivity contribution in [2.24, 2.45) is 0 Å². The highest BCUT2D eigenvalue weighted by molar-refractivity contribution is 5.96. The number of hydrogen-bond donors (Lipinski definition) is 2. The zero-order valence-corrected chi connectivity index (χ0v) is 13.0. The summed E-state index contributed by atoms with van der Waals surface area (Å²) >= 11 is 0. The van der Waals surface area contributed by atoms with Gasteiger partial charge in [-0.25, -0.2) is 4.79 Å². The molecular weight excluding hydrogens is 300 g/mol. The Kier molecular flexibility index (Phi) is 5.00. The molecule has 122 valence electrons. The number of furan rings is 1. The Hall–Kier alpha value is -2.83. The first-order valence-corrected chi connectivity index (χ1v) is 7.13. The van der Waals surface area contributed by atoms with Gasteiger partial charge in [0.2, 0.25) is 17.6 Å². The summed E-state index contributed by atoms with van der Waals surface area (Å²) < 4.78 is 5.15. The Morgan fingerprint density at radius 1 is 1.17 bits per heavy atom. The molecular formula is C16H18N2O5. The van der Waals surface area contributed by atoms with Crippen LogP contribution in [0, 0.1) is 0 Å². The smallest absolute Gasteiger partial charge is 0.371 e. The highest BCUT2D eigenvalue weighted by Gasteiger charge is 2.12. The van der Waals surface area contributed by atoms with Crippen molar-refractivity contribution in [2.45, 2.75) is 19.3 Å². The number of hydrogen-bond acceptors (Lipinski definition) is 4. The number of rotatable bonds is 6. The van der Waals surface area contributed by atoms with Crippen molar-refractivity contribution in [3.8, 4) is 0 Å². The van der Waals surface area contributed by atoms with E-state index in [4.69, 9.17) is 9.52 Å². The van der Waals surface area contributed by atoms with Crippen molar-refractivity contribution < 1.29 is 23.9 Å². The van der Waals surface area contributed by atoms with Crippen molar-refractivity contribution in [2.75, 3.05) is 19.4 Å². The zero-order valence-electron chi connectivity index (χ0n) is 13.0. The van der Waals surface area contributed by atoms with E-state index in [0.717, 1.165) is 0 Å². The molecule has 0 saturated heterocycles. The molecule has 0 aliphatic rings. The molecule has 23 heavy (non-hydrogen) atoms. The van der Waals surface area contributed by atoms with Crippen LogP contribution in [0.1, 0.15) is 29.8 Å². The van der Waals surface area contributed by atoms with Crippen LogP contribution in [0.2, 0.25) is 0 Å². The molecule has 2 rings (SSSR count). The fourth-order valence-electron chi connectivity index (χ4n) is 2.07. The number of nitrogens with zero attached hydrogens (tertiary/aromatic N) is 1. The van der Waals surface area contributed by atoms with Crippen LogP contribution < -0.4 is 5.32 Å². The molecule has 0 bridgehead atoms. The van der Waals surface area contributed by atoms with Gasteiger partial charge in [0, 0.05) is 38.0 Å². The number of amides is 2. The Morgan fingerprint density at radius 2 is 1.91 bits per heavy atom. The van der Waals surface area contributed by atoms with Gasteiger partial charge in [0.25, 0.3) is 0 Å². The Morgan fingerprint density at radius 3 is 2.57 bits per heavy atom. The maximum Gasteiger partial charge on any atom is 0.371 e. The average Bonchev–Trinajstić information content (AvgIpc) is 2.90. The lowest BCUT2D eigenvalue weighted by molar-refractivity contribution is -0.128. The number of fused-ring (bicyclic) bond motifs is 1. The first kappa shape index (κ1) is 16.5. The molecule has 2 aromatic rings. The second kappa shape index (κ2) is 6.95. The molecule has 0 aliphatic carbocycles. The van der Waals surface area contributed by atoms with E-state index in [2.05, 4.69) is 5.32 Å². The van der Waals surface area contributed by atoms with E-state index in [-0.39, 0.29) is 24.0 Å². The average molecular weight is 318 g/mol. The molecule has 1 heterocycles. The van der Waals surface area contributed by atoms with Crippen LogP contribution in [-0.2, 0) is 9.59 Å². The minimum Gasteiger partial charge on any atom is -0.475 e. The molecule has 7 nitrogen and oxygen atoms in total. The Labute approximate surface area is 132 Å². The van der Waals surface area contributed by atoms with Gasteiger partial charge < -0.3 is 19.7 Å². The standard InChI is InChI=1S/C16H18N2O5/c1-18(2)15(20)5-3-4-14(19)17-11-6-7-12-10(8-11)9-13(23-12)16(21)22/h6-9H,3-5H2,1-2H3,(H,17,19)(H,21,22). The third-order valence-corrected chi connectivity index (χ3v) is 3.30. The number of anilines is 1. The van der Waals surface area contributed by atoms with E-state index in [1.807, 2.05) is 0 Å². The van der Waals surface area contributed by atoms with E-state index in [1.54, 1.807) is 32.3 Å². The van der Waals surface area contributed by atoms with Gasteiger partial charge in [-0.15, -0.1) is 0 Å². The topological polar surface area (TPSA) is 99.9 Å². The van der Waals surface area contributed by atoms with Crippen molar-refractivity contribution >= 4 is 34.4 Å². The zero-order chi connectivity index (χ0) is 17.0. The van der Waals surface area contributed by atoms with Gasteiger partial charge in [-0.2, -0.15) is 0 Å². The van der Waals surface area contributed by atoms with Gasteiger partial charge in [0.1, 0.15) is 5.58 Å². The van der Waals surface area contributed by atoms with Crippen LogP contribution in [0.5, 0.6) is 0 Å². The van der Waals surface area contributed by atoms with Crippen LogP contribution in [0.4, 0.5) is 5.69 Å². The number of carbonyl (C=O) groups excluding carboxylic acids is 2. The molecule has 0 aliphatic heterocycles. The lowest BCUT2D eigenvalue weighted by atomic mass is 10.2. The molecule has 0 spiro atoms. The van der Waals surface area contributed by atoms with Crippen molar-refractivity contribution in [1.82, 2.24) is 4.90 Å². The van der Waals surface area contributed by atoms with E-state index >= 15 is 0 Å². The molecule has 2 amide bonds. The minimum atomic E-state index is -1.14. The Balaban J connectivity index is 1.94. The third-order valence-electron chi connectivity index (χ3n) is 3.30. The van der Waals surface area contributed by atoms with Crippen molar-refractivity contribution in [3.05, 3.63) is 30.0 Å². The molecule has 0 saturated carbocycles. The molecule has 1 aromatic heterocycles. The summed E-state index contributed by atoms with van der Waals surface area (Å²) in [6, 6.07) is 6.30. The predicted molar refractivity (Wildman–Crippen MR) is 84.3 cm³/mol. The van der Waals surface area contributed by atoms with Gasteiger partial charge in [0.05, 0.1) is 0 Å². The van der Waals surface area contributed by atoms with E-state index in [9.17, 15) is 14.4 Å². The monoisotopic (exact) mass is 318 g/mol. The number of carboxylic acid groups (broad SMARTS) is 1. The molecule has 7 heteroatoms. The van der Waals surface area contributed by atoms with Crippen molar-refractivity contribution in [3.63, 3.8) is 0 Å². The first-order valence-electron chi connectivity index (χ1n) is 7.13. The quantitative estimate of drug-likeness (QED) is 0.851. The SMILES string of the molecule is CN(C)C(=O)CCCC(=O)Nc1ccc2oc(C(=O)O)cc2c1. The van der Waals surface area contributed by atoms with Crippen LogP contribution in [0.25, 0.3) is 11.0 Å². The largest absolute Gasteiger partial charge is 0.475 e. The molecule has 1 aromatic carbocycles. The van der Waals surface area contributed by atoms with Gasteiger partial charge in [-0.3, -0.25) is 9.59 Å². The lowest BCUT2D eigenvalue weighted by Crippen LogP contribution is -2.21. The molecule has 0 atom stereocenters. The molecule has 0 radical (unpaired) electrons. The van der Waals surface area contributed by atoms with Crippen molar-refractivity contribution in [1.29, 1.82) is 0 Å². The highest BCUT2D eigenvalue weighted by atomic mass is 16.4. The minimum absolute atomic E-state index is 0.0150. The van der Waals surface area contributed by atoms with Gasteiger partial charge in [0.15, 0.2) is 0 Å². The fraction of sp³-hybridized carbons (Fsp3) is 0.312. The van der Waals surface area contributed by atoms with Gasteiger partial charge >= 0.3 is 5.97 Å². The molecule has 2 N–H and O–H groups in total. The second-order valence-corrected chi connectivity index (χ2v) is 5.36. The van der Waals surface area contributed by atoms with Crippen LogP contribution in [-0.4, -0.2) is 41.9 Å². The number of carbonyl (C=O) groups is 3. The lowest BCUT2D eigenvalue weighted by Gasteiger charge is -2.09. The number of aromatic carboxylic acids is 1. The van der Waals surface area contributed by atoms with E-state index in [0.29, 0.717) is 29.5 Å². The van der Waals surface area contributed by atoms with Gasteiger partial charge in [-0.1, -0.05) is 0 Å². The highest BCUT2D eigenvalue weighted by Crippen LogP contribution is 2.23.